The zero-order valence-electron chi connectivity index (χ0n) is 13.2. The Kier molecular flexibility index (Phi) is 5.60. The van der Waals surface area contributed by atoms with Gasteiger partial charge in [-0.15, -0.1) is 0 Å². The van der Waals surface area contributed by atoms with Gasteiger partial charge in [0.2, 0.25) is 0 Å². The largest absolute Gasteiger partial charge is 0.385 e. The second-order valence-corrected chi connectivity index (χ2v) is 5.29. The summed E-state index contributed by atoms with van der Waals surface area (Å²) < 4.78 is 2.07. The summed E-state index contributed by atoms with van der Waals surface area (Å²) >= 11 is 0. The van der Waals surface area contributed by atoms with Crippen molar-refractivity contribution in [2.75, 3.05) is 23.7 Å². The molecule has 21 heavy (non-hydrogen) atoms. The average Bonchev–Trinajstić information content (AvgIpc) is 2.80. The molecule has 0 bridgehead atoms. The molecule has 0 aliphatic heterocycles. The molecule has 0 aliphatic rings. The van der Waals surface area contributed by atoms with E-state index in [1.54, 1.807) is 0 Å². The van der Waals surface area contributed by atoms with Crippen molar-refractivity contribution in [3.05, 3.63) is 35.8 Å². The molecule has 0 fully saturated rings. The number of rotatable bonds is 8. The average molecular weight is 287 g/mol. The maximum atomic E-state index is 4.47. The first-order chi connectivity index (χ1) is 10.2. The summed E-state index contributed by atoms with van der Waals surface area (Å²) in [6.07, 6.45) is 3.98. The molecule has 2 heterocycles. The highest BCUT2D eigenvalue weighted by Gasteiger charge is 2.00. The fourth-order valence-electron chi connectivity index (χ4n) is 2.25. The van der Waals surface area contributed by atoms with Gasteiger partial charge in [-0.1, -0.05) is 6.92 Å². The van der Waals surface area contributed by atoms with Gasteiger partial charge >= 0.3 is 0 Å². The van der Waals surface area contributed by atoms with E-state index in [9.17, 15) is 0 Å². The number of nitrogens with zero attached hydrogens (tertiary/aromatic N) is 3. The van der Waals surface area contributed by atoms with E-state index in [1.165, 1.54) is 5.69 Å². The molecule has 5 nitrogen and oxygen atoms in total. The quantitative estimate of drug-likeness (QED) is 0.732. The van der Waals surface area contributed by atoms with Crippen molar-refractivity contribution in [3.8, 4) is 0 Å². The van der Waals surface area contributed by atoms with Crippen LogP contribution in [0.25, 0.3) is 0 Å². The van der Waals surface area contributed by atoms with Gasteiger partial charge in [0.05, 0.1) is 5.69 Å². The third kappa shape index (κ3) is 4.77. The van der Waals surface area contributed by atoms with Crippen molar-refractivity contribution in [1.29, 1.82) is 0 Å². The topological polar surface area (TPSA) is 54.8 Å². The van der Waals surface area contributed by atoms with Crippen LogP contribution >= 0.6 is 0 Å². The van der Waals surface area contributed by atoms with Gasteiger partial charge in [-0.05, 0) is 38.8 Å². The molecule has 0 amide bonds. The van der Waals surface area contributed by atoms with Crippen molar-refractivity contribution in [3.63, 3.8) is 0 Å². The number of anilines is 2. The predicted octanol–water partition coefficient (Wildman–Crippen LogP) is 3.22. The Bertz CT molecular complexity index is 562. The number of hydrogen-bond acceptors (Lipinski definition) is 4. The molecule has 2 rings (SSSR count). The summed E-state index contributed by atoms with van der Waals surface area (Å²) in [5, 5.41) is 11.2. The van der Waals surface area contributed by atoms with Gasteiger partial charge in [0.15, 0.2) is 0 Å². The van der Waals surface area contributed by atoms with Crippen LogP contribution in [-0.4, -0.2) is 27.9 Å². The molecule has 0 atom stereocenters. The Morgan fingerprint density at radius 1 is 1.14 bits per heavy atom. The maximum Gasteiger partial charge on any atom is 0.127 e. The van der Waals surface area contributed by atoms with E-state index in [0.29, 0.717) is 0 Å². The van der Waals surface area contributed by atoms with Gasteiger partial charge in [0.25, 0.3) is 0 Å². The molecule has 2 aromatic heterocycles. The fraction of sp³-hybridized carbons (Fsp3) is 0.500. The molecule has 0 spiro atoms. The zero-order chi connectivity index (χ0) is 15.1. The summed E-state index contributed by atoms with van der Waals surface area (Å²) in [7, 11) is 0. The molecule has 5 heteroatoms. The van der Waals surface area contributed by atoms with E-state index in [2.05, 4.69) is 51.4 Å². The highest BCUT2D eigenvalue weighted by molar-refractivity contribution is 5.51. The highest BCUT2D eigenvalue weighted by Crippen LogP contribution is 2.12. The van der Waals surface area contributed by atoms with Crippen molar-refractivity contribution >= 4 is 11.5 Å². The van der Waals surface area contributed by atoms with Gasteiger partial charge in [0, 0.05) is 43.3 Å². The van der Waals surface area contributed by atoms with Gasteiger partial charge in [-0.2, -0.15) is 5.10 Å². The monoisotopic (exact) mass is 287 g/mol. The van der Waals surface area contributed by atoms with Crippen molar-refractivity contribution < 1.29 is 0 Å². The number of aromatic nitrogens is 3. The van der Waals surface area contributed by atoms with E-state index in [4.69, 9.17) is 0 Å². The number of nitrogens with one attached hydrogen (secondary N) is 2. The Balaban J connectivity index is 1.76. The Labute approximate surface area is 126 Å². The summed E-state index contributed by atoms with van der Waals surface area (Å²) in [6, 6.07) is 6.17. The molecule has 0 radical (unpaired) electrons. The van der Waals surface area contributed by atoms with E-state index in [1.807, 2.05) is 19.2 Å². The number of aryl methyl sites for hydroxylation is 3. The van der Waals surface area contributed by atoms with Crippen LogP contribution in [0.4, 0.5) is 11.5 Å². The Morgan fingerprint density at radius 3 is 2.71 bits per heavy atom. The first-order valence-electron chi connectivity index (χ1n) is 7.64. The van der Waals surface area contributed by atoms with Crippen molar-refractivity contribution in [2.24, 2.45) is 0 Å². The van der Waals surface area contributed by atoms with E-state index < -0.39 is 0 Å². The minimum absolute atomic E-state index is 0.926. The van der Waals surface area contributed by atoms with Crippen LogP contribution in [0, 0.1) is 13.8 Å². The first kappa shape index (κ1) is 15.4. The molecule has 0 aromatic carbocycles. The lowest BCUT2D eigenvalue weighted by Crippen LogP contribution is -2.09. The van der Waals surface area contributed by atoms with Crippen LogP contribution in [0.15, 0.2) is 24.4 Å². The fourth-order valence-corrected chi connectivity index (χ4v) is 2.25. The molecule has 0 unspecified atom stereocenters. The molecule has 2 aromatic rings. The molecule has 0 saturated heterocycles. The summed E-state index contributed by atoms with van der Waals surface area (Å²) in [4.78, 5) is 4.30. The lowest BCUT2D eigenvalue weighted by molar-refractivity contribution is 0.574. The van der Waals surface area contributed by atoms with Crippen LogP contribution in [0.1, 0.15) is 31.2 Å². The second-order valence-electron chi connectivity index (χ2n) is 5.29. The minimum atomic E-state index is 0.926. The molecule has 0 saturated carbocycles. The van der Waals surface area contributed by atoms with Gasteiger partial charge < -0.3 is 10.6 Å². The number of pyridine rings is 1. The normalized spacial score (nSPS) is 10.6. The standard InChI is InChI=1S/C16H25N5/c1-4-7-18-16-12-15(6-9-19-16)17-8-5-10-21-14(3)11-13(2)20-21/h6,9,11-12H,4-5,7-8,10H2,1-3H3,(H2,17,18,19). The molecule has 114 valence electrons. The van der Waals surface area contributed by atoms with Gasteiger partial charge in [0.1, 0.15) is 5.82 Å². The van der Waals surface area contributed by atoms with Crippen LogP contribution in [-0.2, 0) is 6.54 Å². The highest BCUT2D eigenvalue weighted by atomic mass is 15.3. The lowest BCUT2D eigenvalue weighted by atomic mass is 10.3. The van der Waals surface area contributed by atoms with Gasteiger partial charge in [-0.25, -0.2) is 4.98 Å². The maximum absolute atomic E-state index is 4.47. The summed E-state index contributed by atoms with van der Waals surface area (Å²) in [5.41, 5.74) is 3.42. The minimum Gasteiger partial charge on any atom is -0.385 e. The first-order valence-corrected chi connectivity index (χ1v) is 7.64. The number of hydrogen-bond donors (Lipinski definition) is 2. The molecule has 0 aliphatic carbocycles. The second kappa shape index (κ2) is 7.67. The SMILES string of the molecule is CCCNc1cc(NCCCn2nc(C)cc2C)ccn1. The van der Waals surface area contributed by atoms with E-state index >= 15 is 0 Å². The summed E-state index contributed by atoms with van der Waals surface area (Å²) in [6.45, 7) is 9.10. The zero-order valence-corrected chi connectivity index (χ0v) is 13.2. The molecular weight excluding hydrogens is 262 g/mol. The molecular formula is C16H25N5. The third-order valence-corrected chi connectivity index (χ3v) is 3.30. The lowest BCUT2D eigenvalue weighted by Gasteiger charge is -2.09. The van der Waals surface area contributed by atoms with Crippen LogP contribution < -0.4 is 10.6 Å². The Morgan fingerprint density at radius 2 is 2.00 bits per heavy atom. The van der Waals surface area contributed by atoms with Crippen LogP contribution in [0.2, 0.25) is 0 Å². The van der Waals surface area contributed by atoms with E-state index in [0.717, 1.165) is 49.7 Å². The van der Waals surface area contributed by atoms with Crippen molar-refractivity contribution in [1.82, 2.24) is 14.8 Å². The van der Waals surface area contributed by atoms with Crippen LogP contribution in [0.5, 0.6) is 0 Å². The smallest absolute Gasteiger partial charge is 0.127 e. The molecule has 2 N–H and O–H groups in total. The van der Waals surface area contributed by atoms with Gasteiger partial charge in [-0.3, -0.25) is 4.68 Å². The predicted molar refractivity (Wildman–Crippen MR) is 87.8 cm³/mol. The third-order valence-electron chi connectivity index (χ3n) is 3.30. The summed E-state index contributed by atoms with van der Waals surface area (Å²) in [5.74, 6) is 0.931. The van der Waals surface area contributed by atoms with E-state index in [-0.39, 0.29) is 0 Å². The van der Waals surface area contributed by atoms with Crippen LogP contribution in [0.3, 0.4) is 0 Å². The Hall–Kier alpha value is -2.04. The van der Waals surface area contributed by atoms with Crippen molar-refractivity contribution in [2.45, 2.75) is 40.2 Å².